The molecule has 0 aromatic heterocycles. The normalized spacial score (nSPS) is 13.5. The molecular weight excluding hydrogens is 356 g/mol. The molecule has 25 heavy (non-hydrogen) atoms. The lowest BCUT2D eigenvalue weighted by atomic mass is 9.88. The van der Waals surface area contributed by atoms with Gasteiger partial charge in [-0.05, 0) is 42.5 Å². The van der Waals surface area contributed by atoms with Crippen molar-refractivity contribution in [2.75, 3.05) is 0 Å². The molecule has 0 saturated carbocycles. The number of rotatable bonds is 7. The van der Waals surface area contributed by atoms with Gasteiger partial charge < -0.3 is 10.4 Å². The van der Waals surface area contributed by atoms with Gasteiger partial charge in [-0.2, -0.15) is 8.78 Å². The first-order valence-corrected chi connectivity index (χ1v) is 9.05. The van der Waals surface area contributed by atoms with Crippen molar-refractivity contribution >= 4 is 21.7 Å². The first-order valence-electron chi connectivity index (χ1n) is 7.50. The number of hydrogen-bond donors (Lipinski definition) is 2. The van der Waals surface area contributed by atoms with E-state index in [2.05, 4.69) is 5.32 Å². The van der Waals surface area contributed by atoms with Crippen molar-refractivity contribution in [1.29, 1.82) is 0 Å². The zero-order valence-corrected chi connectivity index (χ0v) is 14.9. The second kappa shape index (κ2) is 7.90. The van der Waals surface area contributed by atoms with Crippen LogP contribution in [-0.2, 0) is 14.6 Å². The van der Waals surface area contributed by atoms with E-state index >= 15 is 0 Å². The van der Waals surface area contributed by atoms with E-state index in [0.29, 0.717) is 6.42 Å². The molecule has 0 fully saturated rings. The van der Waals surface area contributed by atoms with Gasteiger partial charge in [0.2, 0.25) is 9.84 Å². The molecule has 1 aromatic carbocycles. The number of halogens is 2. The number of aliphatic carboxylic acids is 1. The smallest absolute Gasteiger partial charge is 0.341 e. The molecule has 1 unspecified atom stereocenters. The molecule has 0 aliphatic carbocycles. The van der Waals surface area contributed by atoms with Crippen LogP contribution in [0, 0.1) is 5.41 Å². The zero-order chi connectivity index (χ0) is 19.4. The minimum absolute atomic E-state index is 0.0183. The van der Waals surface area contributed by atoms with E-state index in [9.17, 15) is 31.9 Å². The fraction of sp³-hybridized carbons (Fsp3) is 0.500. The van der Waals surface area contributed by atoms with Gasteiger partial charge in [-0.25, -0.2) is 13.2 Å². The Labute approximate surface area is 145 Å². The van der Waals surface area contributed by atoms with Crippen molar-refractivity contribution < 1.29 is 31.9 Å². The van der Waals surface area contributed by atoms with Gasteiger partial charge in [-0.1, -0.05) is 20.8 Å². The Morgan fingerprint density at radius 1 is 1.16 bits per heavy atom. The summed E-state index contributed by atoms with van der Waals surface area (Å²) >= 11 is 0. The van der Waals surface area contributed by atoms with Crippen molar-refractivity contribution in [2.45, 2.75) is 50.3 Å². The minimum Gasteiger partial charge on any atom is -0.480 e. The minimum atomic E-state index is -4.74. The maximum absolute atomic E-state index is 12.5. The molecule has 0 aliphatic rings. The summed E-state index contributed by atoms with van der Waals surface area (Å²) in [5.74, 6) is -5.46. The van der Waals surface area contributed by atoms with Crippen molar-refractivity contribution in [2.24, 2.45) is 5.41 Å². The Bertz CT molecular complexity index is 724. The number of benzene rings is 1. The lowest BCUT2D eigenvalue weighted by Crippen LogP contribution is -2.41. The molecular formula is C16H21F2NO5S. The number of nitrogens with one attached hydrogen (secondary N) is 1. The van der Waals surface area contributed by atoms with Crippen LogP contribution in [-0.4, -0.2) is 37.2 Å². The lowest BCUT2D eigenvalue weighted by Gasteiger charge is -2.21. The molecule has 0 radical (unpaired) electrons. The topological polar surface area (TPSA) is 101 Å². The fourth-order valence-corrected chi connectivity index (χ4v) is 2.70. The molecule has 0 bridgehead atoms. The Hall–Kier alpha value is -2.03. The van der Waals surface area contributed by atoms with E-state index < -0.39 is 38.4 Å². The molecule has 9 heteroatoms. The number of alkyl halides is 2. The molecule has 0 aliphatic heterocycles. The standard InChI is InChI=1S/C16H21F2NO5S/c1-16(2,3)9-8-12(14(21)22)19-13(20)10-4-6-11(7-5-10)25(23,24)15(17)18/h4-7,12,15H,8-9H2,1-3H3,(H,19,20)(H,21,22). The third-order valence-electron chi connectivity index (χ3n) is 3.47. The molecule has 1 atom stereocenters. The molecule has 0 saturated heterocycles. The van der Waals surface area contributed by atoms with Crippen LogP contribution in [0.1, 0.15) is 44.0 Å². The predicted molar refractivity (Wildman–Crippen MR) is 87.2 cm³/mol. The van der Waals surface area contributed by atoms with Crippen LogP contribution in [0.5, 0.6) is 0 Å². The van der Waals surface area contributed by atoms with E-state index in [-0.39, 0.29) is 17.4 Å². The molecule has 1 rings (SSSR count). The SMILES string of the molecule is CC(C)(C)CCC(NC(=O)c1ccc(S(=O)(=O)C(F)F)cc1)C(=O)O. The number of hydrogen-bond acceptors (Lipinski definition) is 4. The number of carbonyl (C=O) groups excluding carboxylic acids is 1. The molecule has 6 nitrogen and oxygen atoms in total. The average Bonchev–Trinajstić information content (AvgIpc) is 2.49. The largest absolute Gasteiger partial charge is 0.480 e. The second-order valence-corrected chi connectivity index (χ2v) is 8.71. The summed E-state index contributed by atoms with van der Waals surface area (Å²) in [6, 6.07) is 2.81. The monoisotopic (exact) mass is 377 g/mol. The highest BCUT2D eigenvalue weighted by molar-refractivity contribution is 7.91. The first-order chi connectivity index (χ1) is 11.3. The van der Waals surface area contributed by atoms with Crippen LogP contribution >= 0.6 is 0 Å². The van der Waals surface area contributed by atoms with Gasteiger partial charge in [0.05, 0.1) is 4.90 Å². The summed E-state index contributed by atoms with van der Waals surface area (Å²) < 4.78 is 47.6. The summed E-state index contributed by atoms with van der Waals surface area (Å²) in [6.45, 7) is 5.82. The fourth-order valence-electron chi connectivity index (χ4n) is 1.98. The Morgan fingerprint density at radius 2 is 1.68 bits per heavy atom. The third-order valence-corrected chi connectivity index (χ3v) is 4.86. The Balaban J connectivity index is 2.87. The van der Waals surface area contributed by atoms with Crippen molar-refractivity contribution in [3.05, 3.63) is 29.8 Å². The number of sulfone groups is 1. The maximum atomic E-state index is 12.5. The average molecular weight is 377 g/mol. The van der Waals surface area contributed by atoms with Crippen molar-refractivity contribution in [3.63, 3.8) is 0 Å². The van der Waals surface area contributed by atoms with E-state index in [1.165, 1.54) is 0 Å². The van der Waals surface area contributed by atoms with E-state index in [1.807, 2.05) is 20.8 Å². The van der Waals surface area contributed by atoms with Crippen LogP contribution in [0.25, 0.3) is 0 Å². The van der Waals surface area contributed by atoms with Gasteiger partial charge in [-0.3, -0.25) is 4.79 Å². The summed E-state index contributed by atoms with van der Waals surface area (Å²) in [7, 11) is -4.74. The van der Waals surface area contributed by atoms with Crippen molar-refractivity contribution in [3.8, 4) is 0 Å². The third kappa shape index (κ3) is 6.08. The van der Waals surface area contributed by atoms with E-state index in [0.717, 1.165) is 24.3 Å². The number of carboxylic acids is 1. The molecule has 0 spiro atoms. The summed E-state index contributed by atoms with van der Waals surface area (Å²) in [6.07, 6.45) is 0.790. The van der Waals surface area contributed by atoms with Gasteiger partial charge in [0.1, 0.15) is 6.04 Å². The second-order valence-electron chi connectivity index (χ2n) is 6.79. The van der Waals surface area contributed by atoms with Gasteiger partial charge in [0.25, 0.3) is 5.91 Å². The Morgan fingerprint density at radius 3 is 2.08 bits per heavy atom. The van der Waals surface area contributed by atoms with Crippen LogP contribution in [0.4, 0.5) is 8.78 Å². The highest BCUT2D eigenvalue weighted by Gasteiger charge is 2.27. The number of carboxylic acid groups (broad SMARTS) is 1. The predicted octanol–water partition coefficient (Wildman–Crippen LogP) is 2.69. The molecule has 1 amide bonds. The molecule has 0 heterocycles. The van der Waals surface area contributed by atoms with Gasteiger partial charge >= 0.3 is 11.7 Å². The highest BCUT2D eigenvalue weighted by Crippen LogP contribution is 2.22. The summed E-state index contributed by atoms with van der Waals surface area (Å²) in [5.41, 5.74) is -0.126. The van der Waals surface area contributed by atoms with Crippen molar-refractivity contribution in [1.82, 2.24) is 5.32 Å². The van der Waals surface area contributed by atoms with Crippen LogP contribution in [0.15, 0.2) is 29.2 Å². The quantitative estimate of drug-likeness (QED) is 0.761. The van der Waals surface area contributed by atoms with Crippen LogP contribution in [0.3, 0.4) is 0 Å². The number of amides is 1. The zero-order valence-electron chi connectivity index (χ0n) is 14.1. The molecule has 1 aromatic rings. The molecule has 140 valence electrons. The summed E-state index contributed by atoms with van der Waals surface area (Å²) in [4.78, 5) is 22.8. The first kappa shape index (κ1) is 21.0. The van der Waals surface area contributed by atoms with Crippen LogP contribution < -0.4 is 5.32 Å². The lowest BCUT2D eigenvalue weighted by molar-refractivity contribution is -0.139. The Kier molecular flexibility index (Phi) is 6.64. The maximum Gasteiger partial charge on any atom is 0.341 e. The van der Waals surface area contributed by atoms with Crippen LogP contribution in [0.2, 0.25) is 0 Å². The summed E-state index contributed by atoms with van der Waals surface area (Å²) in [5, 5.41) is 11.6. The van der Waals surface area contributed by atoms with E-state index in [4.69, 9.17) is 0 Å². The molecule has 2 N–H and O–H groups in total. The highest BCUT2D eigenvalue weighted by atomic mass is 32.2. The van der Waals surface area contributed by atoms with Gasteiger partial charge in [0, 0.05) is 5.56 Å². The van der Waals surface area contributed by atoms with Gasteiger partial charge in [0.15, 0.2) is 0 Å². The van der Waals surface area contributed by atoms with Gasteiger partial charge in [-0.15, -0.1) is 0 Å². The number of carbonyl (C=O) groups is 2. The van der Waals surface area contributed by atoms with E-state index in [1.54, 1.807) is 0 Å².